The lowest BCUT2D eigenvalue weighted by Crippen LogP contribution is -1.77. The molecule has 0 fully saturated rings. The quantitative estimate of drug-likeness (QED) is 0.547. The van der Waals surface area contributed by atoms with Gasteiger partial charge in [-0.25, -0.2) is 0 Å². The zero-order valence-electron chi connectivity index (χ0n) is 7.39. The zero-order valence-corrected chi connectivity index (χ0v) is 7.39. The molecular weight excluding hydrogens is 144 g/mol. The highest BCUT2D eigenvalue weighted by Crippen LogP contribution is 2.16. The van der Waals surface area contributed by atoms with Gasteiger partial charge in [-0.2, -0.15) is 0 Å². The van der Waals surface area contributed by atoms with Gasteiger partial charge >= 0.3 is 0 Å². The molecule has 12 heavy (non-hydrogen) atoms. The molecule has 0 saturated carbocycles. The second-order valence-electron chi connectivity index (χ2n) is 3.23. The monoisotopic (exact) mass is 155 g/mol. The van der Waals surface area contributed by atoms with Crippen LogP contribution >= 0.6 is 0 Å². The van der Waals surface area contributed by atoms with Crippen molar-refractivity contribution in [3.63, 3.8) is 0 Å². The van der Waals surface area contributed by atoms with Crippen LogP contribution in [-0.2, 0) is 0 Å². The Balaban J connectivity index is 2.79. The third-order valence-corrected chi connectivity index (χ3v) is 2.05. The van der Waals surface area contributed by atoms with Gasteiger partial charge in [0.25, 0.3) is 0 Å². The number of rotatable bonds is 0. The fourth-order valence-corrected chi connectivity index (χ4v) is 1.40. The summed E-state index contributed by atoms with van der Waals surface area (Å²) < 4.78 is 0. The number of fused-ring (bicyclic) bond motifs is 1. The van der Waals surface area contributed by atoms with Crippen molar-refractivity contribution in [2.24, 2.45) is 0 Å². The Morgan fingerprint density at radius 2 is 1.83 bits per heavy atom. The fourth-order valence-electron chi connectivity index (χ4n) is 1.40. The van der Waals surface area contributed by atoms with E-state index in [1.807, 2.05) is 0 Å². The van der Waals surface area contributed by atoms with Crippen molar-refractivity contribution < 1.29 is 0 Å². The van der Waals surface area contributed by atoms with Gasteiger partial charge in [0.1, 0.15) is 0 Å². The molecule has 0 nitrogen and oxygen atoms in total. The number of hydrogen-bond acceptors (Lipinski definition) is 0. The van der Waals surface area contributed by atoms with Crippen molar-refractivity contribution >= 4 is 10.8 Å². The van der Waals surface area contributed by atoms with E-state index in [1.165, 1.54) is 21.9 Å². The highest BCUT2D eigenvalue weighted by molar-refractivity contribution is 5.83. The van der Waals surface area contributed by atoms with E-state index in [0.717, 1.165) is 0 Å². The third kappa shape index (κ3) is 1.20. The Morgan fingerprint density at radius 1 is 1.00 bits per heavy atom. The number of aryl methyl sites for hydroxylation is 2. The molecule has 2 rings (SSSR count). The van der Waals surface area contributed by atoms with Gasteiger partial charge in [0.15, 0.2) is 0 Å². The average molecular weight is 155 g/mol. The van der Waals surface area contributed by atoms with Crippen molar-refractivity contribution in [3.8, 4) is 0 Å². The van der Waals surface area contributed by atoms with Gasteiger partial charge in [0.05, 0.1) is 0 Å². The van der Waals surface area contributed by atoms with Crippen LogP contribution in [0.4, 0.5) is 0 Å². The molecule has 2 aromatic carbocycles. The predicted molar refractivity (Wildman–Crippen MR) is 52.3 cm³/mol. The zero-order chi connectivity index (χ0) is 8.55. The van der Waals surface area contributed by atoms with Gasteiger partial charge in [-0.3, -0.25) is 0 Å². The maximum Gasteiger partial charge on any atom is -0.00672 e. The third-order valence-electron chi connectivity index (χ3n) is 2.05. The first kappa shape index (κ1) is 7.35. The molecule has 0 spiro atoms. The van der Waals surface area contributed by atoms with Crippen LogP contribution in [0.25, 0.3) is 10.8 Å². The first-order chi connectivity index (χ1) is 5.75. The van der Waals surface area contributed by atoms with E-state index in [0.29, 0.717) is 0 Å². The van der Waals surface area contributed by atoms with Gasteiger partial charge < -0.3 is 0 Å². The van der Waals surface area contributed by atoms with E-state index < -0.39 is 0 Å². The van der Waals surface area contributed by atoms with Crippen molar-refractivity contribution in [3.05, 3.63) is 47.5 Å². The van der Waals surface area contributed by atoms with Crippen LogP contribution in [0.1, 0.15) is 11.1 Å². The predicted octanol–water partition coefficient (Wildman–Crippen LogP) is 3.26. The minimum absolute atomic E-state index is 1.20. The summed E-state index contributed by atoms with van der Waals surface area (Å²) in [5, 5.41) is 2.49. The first-order valence-corrected chi connectivity index (χ1v) is 4.15. The van der Waals surface area contributed by atoms with Crippen LogP contribution in [0.5, 0.6) is 0 Å². The molecule has 0 unspecified atom stereocenters. The normalized spacial score (nSPS) is 10.5. The lowest BCUT2D eigenvalue weighted by molar-refractivity contribution is 1.47. The Hall–Kier alpha value is -1.30. The minimum Gasteiger partial charge on any atom is -0.0587 e. The summed E-state index contributed by atoms with van der Waals surface area (Å²) >= 11 is 0. The molecule has 0 aliphatic carbocycles. The van der Waals surface area contributed by atoms with Crippen LogP contribution in [-0.4, -0.2) is 0 Å². The lowest BCUT2D eigenvalue weighted by atomic mass is 10.1. The highest BCUT2D eigenvalue weighted by Gasteiger charge is 1.93. The molecule has 2 aromatic rings. The van der Waals surface area contributed by atoms with E-state index in [-0.39, 0.29) is 0 Å². The molecule has 0 aromatic heterocycles. The molecule has 0 bridgehead atoms. The Kier molecular flexibility index (Phi) is 1.61. The molecule has 0 aliphatic rings. The van der Waals surface area contributed by atoms with Gasteiger partial charge in [-0.15, -0.1) is 0 Å². The molecular formula is C12H11. The molecule has 0 saturated heterocycles. The topological polar surface area (TPSA) is 0 Å². The average Bonchev–Trinajstić information content (AvgIpc) is 2.05. The summed E-state index contributed by atoms with van der Waals surface area (Å²) in [7, 11) is 0. The molecule has 0 aliphatic heterocycles. The van der Waals surface area contributed by atoms with E-state index in [1.54, 1.807) is 0 Å². The largest absolute Gasteiger partial charge is 0.0587 e. The van der Waals surface area contributed by atoms with Crippen LogP contribution in [0.3, 0.4) is 0 Å². The lowest BCUT2D eigenvalue weighted by Gasteiger charge is -1.99. The number of benzene rings is 2. The maximum atomic E-state index is 3.32. The molecule has 1 radical (unpaired) electrons. The fraction of sp³-hybridized carbons (Fsp3) is 0.167. The summed E-state index contributed by atoms with van der Waals surface area (Å²) in [6, 6.07) is 14.0. The SMILES string of the molecule is Cc1[c]c2ccc(C)cc2cc1. The molecule has 0 N–H and O–H groups in total. The smallest absolute Gasteiger partial charge is 0.00672 e. The van der Waals surface area contributed by atoms with Crippen LogP contribution in [0.15, 0.2) is 30.3 Å². The van der Waals surface area contributed by atoms with Crippen molar-refractivity contribution in [1.82, 2.24) is 0 Å². The van der Waals surface area contributed by atoms with Gasteiger partial charge in [-0.05, 0) is 36.2 Å². The van der Waals surface area contributed by atoms with Crippen molar-refractivity contribution in [1.29, 1.82) is 0 Å². The Morgan fingerprint density at radius 3 is 2.67 bits per heavy atom. The number of hydrogen-bond donors (Lipinski definition) is 0. The van der Waals surface area contributed by atoms with Crippen LogP contribution in [0.2, 0.25) is 0 Å². The van der Waals surface area contributed by atoms with E-state index in [2.05, 4.69) is 50.2 Å². The summed E-state index contributed by atoms with van der Waals surface area (Å²) in [6.07, 6.45) is 0. The van der Waals surface area contributed by atoms with Crippen molar-refractivity contribution in [2.75, 3.05) is 0 Å². The molecule has 59 valence electrons. The second kappa shape index (κ2) is 2.63. The molecule has 0 atom stereocenters. The minimum atomic E-state index is 1.20. The van der Waals surface area contributed by atoms with Crippen LogP contribution in [0, 0.1) is 19.9 Å². The Bertz CT molecular complexity index is 372. The van der Waals surface area contributed by atoms with E-state index >= 15 is 0 Å². The van der Waals surface area contributed by atoms with E-state index in [4.69, 9.17) is 0 Å². The second-order valence-corrected chi connectivity index (χ2v) is 3.23. The van der Waals surface area contributed by atoms with Gasteiger partial charge in [0.2, 0.25) is 0 Å². The first-order valence-electron chi connectivity index (χ1n) is 4.15. The van der Waals surface area contributed by atoms with Crippen LogP contribution < -0.4 is 0 Å². The van der Waals surface area contributed by atoms with E-state index in [9.17, 15) is 0 Å². The standard InChI is InChI=1S/C12H11/c1-9-3-5-12-8-10(2)4-6-11(12)7-9/h3-7H,1-2H3. The van der Waals surface area contributed by atoms with Crippen molar-refractivity contribution in [2.45, 2.75) is 13.8 Å². The summed E-state index contributed by atoms with van der Waals surface area (Å²) in [6.45, 7) is 4.18. The summed E-state index contributed by atoms with van der Waals surface area (Å²) in [5.41, 5.74) is 2.51. The Labute approximate surface area is 72.8 Å². The summed E-state index contributed by atoms with van der Waals surface area (Å²) in [5.74, 6) is 0. The van der Waals surface area contributed by atoms with Gasteiger partial charge in [-0.1, -0.05) is 35.9 Å². The molecule has 0 amide bonds. The molecule has 0 heteroatoms. The highest BCUT2D eigenvalue weighted by atomic mass is 14.0. The summed E-state index contributed by atoms with van der Waals surface area (Å²) in [4.78, 5) is 0. The van der Waals surface area contributed by atoms with Gasteiger partial charge in [0, 0.05) is 0 Å². The molecule has 0 heterocycles. The maximum absolute atomic E-state index is 3.32.